The molecule has 90 valence electrons. The van der Waals surface area contributed by atoms with Crippen LogP contribution in [0.5, 0.6) is 0 Å². The standard InChI is InChI=1S/C14H27I/c1-2-3-4-5-6-7-8-9-10-11-12-13-14-15/h2H,1,3-14H2. The van der Waals surface area contributed by atoms with Gasteiger partial charge in [-0.05, 0) is 23.7 Å². The van der Waals surface area contributed by atoms with E-state index in [4.69, 9.17) is 0 Å². The van der Waals surface area contributed by atoms with Crippen molar-refractivity contribution in [2.75, 3.05) is 4.43 Å². The fourth-order valence-corrected chi connectivity index (χ4v) is 2.34. The van der Waals surface area contributed by atoms with E-state index < -0.39 is 0 Å². The van der Waals surface area contributed by atoms with Crippen molar-refractivity contribution in [2.24, 2.45) is 0 Å². The number of rotatable bonds is 12. The summed E-state index contributed by atoms with van der Waals surface area (Å²) in [6, 6.07) is 0. The topological polar surface area (TPSA) is 0 Å². The van der Waals surface area contributed by atoms with E-state index in [2.05, 4.69) is 29.2 Å². The fourth-order valence-electron chi connectivity index (χ4n) is 1.80. The highest BCUT2D eigenvalue weighted by molar-refractivity contribution is 14.1. The monoisotopic (exact) mass is 322 g/mol. The van der Waals surface area contributed by atoms with Crippen LogP contribution in [0.1, 0.15) is 70.6 Å². The SMILES string of the molecule is C=CCCCCCCCCCCCCI. The summed E-state index contributed by atoms with van der Waals surface area (Å²) in [6.07, 6.45) is 17.6. The number of alkyl halides is 1. The largest absolute Gasteiger partial charge is 0.103 e. The van der Waals surface area contributed by atoms with Crippen molar-refractivity contribution in [3.8, 4) is 0 Å². The minimum atomic E-state index is 1.20. The van der Waals surface area contributed by atoms with Crippen LogP contribution in [0.25, 0.3) is 0 Å². The van der Waals surface area contributed by atoms with Crippen LogP contribution in [0.15, 0.2) is 12.7 Å². The highest BCUT2D eigenvalue weighted by Crippen LogP contribution is 2.11. The lowest BCUT2D eigenvalue weighted by Gasteiger charge is -2.01. The maximum Gasteiger partial charge on any atom is -0.000473 e. The highest BCUT2D eigenvalue weighted by atomic mass is 127. The van der Waals surface area contributed by atoms with E-state index in [0.29, 0.717) is 0 Å². The molecule has 0 fully saturated rings. The normalized spacial score (nSPS) is 10.5. The van der Waals surface area contributed by atoms with Crippen LogP contribution in [-0.4, -0.2) is 4.43 Å². The third-order valence-corrected chi connectivity index (χ3v) is 3.55. The van der Waals surface area contributed by atoms with Crippen molar-refractivity contribution in [1.29, 1.82) is 0 Å². The van der Waals surface area contributed by atoms with Crippen LogP contribution >= 0.6 is 22.6 Å². The van der Waals surface area contributed by atoms with Crippen LogP contribution < -0.4 is 0 Å². The number of halogens is 1. The first kappa shape index (κ1) is 15.5. The molecule has 0 radical (unpaired) electrons. The molecule has 0 bridgehead atoms. The van der Waals surface area contributed by atoms with Gasteiger partial charge in [0.2, 0.25) is 0 Å². The number of hydrogen-bond donors (Lipinski definition) is 0. The second-order valence-corrected chi connectivity index (χ2v) is 5.38. The van der Waals surface area contributed by atoms with Gasteiger partial charge in [0.15, 0.2) is 0 Å². The van der Waals surface area contributed by atoms with Crippen molar-refractivity contribution < 1.29 is 0 Å². The van der Waals surface area contributed by atoms with Gasteiger partial charge in [0.25, 0.3) is 0 Å². The Kier molecular flexibility index (Phi) is 14.9. The molecule has 0 spiro atoms. The zero-order valence-corrected chi connectivity index (χ0v) is 12.3. The molecular weight excluding hydrogens is 295 g/mol. The van der Waals surface area contributed by atoms with Crippen LogP contribution in [0.2, 0.25) is 0 Å². The van der Waals surface area contributed by atoms with Gasteiger partial charge in [-0.2, -0.15) is 0 Å². The third-order valence-electron chi connectivity index (χ3n) is 2.79. The molecule has 0 aliphatic rings. The lowest BCUT2D eigenvalue weighted by Crippen LogP contribution is -1.82. The predicted molar refractivity (Wildman–Crippen MR) is 79.9 cm³/mol. The Hall–Kier alpha value is 0.470. The minimum Gasteiger partial charge on any atom is -0.103 e. The Balaban J connectivity index is 2.83. The first-order chi connectivity index (χ1) is 7.41. The summed E-state index contributed by atoms with van der Waals surface area (Å²) in [7, 11) is 0. The summed E-state index contributed by atoms with van der Waals surface area (Å²) in [4.78, 5) is 0. The first-order valence-electron chi connectivity index (χ1n) is 6.58. The highest BCUT2D eigenvalue weighted by Gasteiger charge is 1.92. The zero-order chi connectivity index (χ0) is 11.2. The van der Waals surface area contributed by atoms with Gasteiger partial charge in [0.05, 0.1) is 0 Å². The van der Waals surface area contributed by atoms with E-state index >= 15 is 0 Å². The van der Waals surface area contributed by atoms with Gasteiger partial charge in [-0.1, -0.05) is 80.0 Å². The van der Waals surface area contributed by atoms with Crippen molar-refractivity contribution in [2.45, 2.75) is 70.6 Å². The average Bonchev–Trinajstić information content (AvgIpc) is 2.26. The Morgan fingerprint density at radius 3 is 1.47 bits per heavy atom. The summed E-state index contributed by atoms with van der Waals surface area (Å²) in [6.45, 7) is 3.74. The molecule has 0 N–H and O–H groups in total. The Morgan fingerprint density at radius 2 is 1.07 bits per heavy atom. The fraction of sp³-hybridized carbons (Fsp3) is 0.857. The number of hydrogen-bond acceptors (Lipinski definition) is 0. The lowest BCUT2D eigenvalue weighted by atomic mass is 10.1. The van der Waals surface area contributed by atoms with Crippen molar-refractivity contribution in [1.82, 2.24) is 0 Å². The molecule has 0 amide bonds. The Bertz CT molecular complexity index is 121. The predicted octanol–water partition coefficient (Wildman–Crippen LogP) is 5.90. The van der Waals surface area contributed by atoms with Gasteiger partial charge in [0, 0.05) is 0 Å². The minimum absolute atomic E-state index is 1.20. The van der Waals surface area contributed by atoms with E-state index in [-0.39, 0.29) is 0 Å². The summed E-state index contributed by atoms with van der Waals surface area (Å²) in [5.41, 5.74) is 0. The van der Waals surface area contributed by atoms with Crippen LogP contribution in [-0.2, 0) is 0 Å². The molecular formula is C14H27I. The van der Waals surface area contributed by atoms with Gasteiger partial charge in [-0.25, -0.2) is 0 Å². The molecule has 0 aromatic rings. The smallest absolute Gasteiger partial charge is 0.000473 e. The molecule has 0 aromatic heterocycles. The molecule has 0 aliphatic carbocycles. The summed E-state index contributed by atoms with van der Waals surface area (Å²) in [5, 5.41) is 0. The average molecular weight is 322 g/mol. The molecule has 0 aromatic carbocycles. The summed E-state index contributed by atoms with van der Waals surface area (Å²) in [5.74, 6) is 0. The summed E-state index contributed by atoms with van der Waals surface area (Å²) >= 11 is 2.47. The molecule has 0 unspecified atom stereocenters. The van der Waals surface area contributed by atoms with Gasteiger partial charge < -0.3 is 0 Å². The Labute approximate surface area is 110 Å². The first-order valence-corrected chi connectivity index (χ1v) is 8.11. The molecule has 0 heterocycles. The second kappa shape index (κ2) is 14.5. The van der Waals surface area contributed by atoms with Gasteiger partial charge in [-0.3, -0.25) is 0 Å². The van der Waals surface area contributed by atoms with Gasteiger partial charge >= 0.3 is 0 Å². The van der Waals surface area contributed by atoms with E-state index in [1.807, 2.05) is 6.08 Å². The molecule has 0 nitrogen and oxygen atoms in total. The molecule has 0 rings (SSSR count). The maximum absolute atomic E-state index is 3.74. The van der Waals surface area contributed by atoms with Crippen LogP contribution in [0.4, 0.5) is 0 Å². The Morgan fingerprint density at radius 1 is 0.667 bits per heavy atom. The third kappa shape index (κ3) is 14.5. The van der Waals surface area contributed by atoms with E-state index in [0.717, 1.165) is 0 Å². The van der Waals surface area contributed by atoms with Crippen molar-refractivity contribution >= 4 is 22.6 Å². The van der Waals surface area contributed by atoms with E-state index in [1.54, 1.807) is 0 Å². The van der Waals surface area contributed by atoms with Gasteiger partial charge in [0.1, 0.15) is 0 Å². The molecule has 0 saturated carbocycles. The quantitative estimate of drug-likeness (QED) is 0.182. The number of allylic oxidation sites excluding steroid dienone is 1. The second-order valence-electron chi connectivity index (χ2n) is 4.30. The molecule has 1 heteroatoms. The van der Waals surface area contributed by atoms with E-state index in [9.17, 15) is 0 Å². The van der Waals surface area contributed by atoms with Gasteiger partial charge in [-0.15, -0.1) is 6.58 Å². The van der Waals surface area contributed by atoms with Crippen molar-refractivity contribution in [3.63, 3.8) is 0 Å². The lowest BCUT2D eigenvalue weighted by molar-refractivity contribution is 0.559. The molecule has 0 aliphatic heterocycles. The maximum atomic E-state index is 3.74. The number of unbranched alkanes of at least 4 members (excludes halogenated alkanes) is 10. The van der Waals surface area contributed by atoms with Crippen LogP contribution in [0.3, 0.4) is 0 Å². The van der Waals surface area contributed by atoms with Crippen molar-refractivity contribution in [3.05, 3.63) is 12.7 Å². The van der Waals surface area contributed by atoms with E-state index in [1.165, 1.54) is 75.1 Å². The summed E-state index contributed by atoms with van der Waals surface area (Å²) < 4.78 is 1.33. The molecule has 15 heavy (non-hydrogen) atoms. The molecule has 0 atom stereocenters. The molecule has 0 saturated heterocycles. The van der Waals surface area contributed by atoms with Crippen LogP contribution in [0, 0.1) is 0 Å². The zero-order valence-electron chi connectivity index (χ0n) is 10.1.